The van der Waals surface area contributed by atoms with Crippen LogP contribution in [0.15, 0.2) is 12.1 Å². The predicted octanol–water partition coefficient (Wildman–Crippen LogP) is 2.22. The third-order valence-electron chi connectivity index (χ3n) is 4.30. The molecular weight excluding hydrogens is 266 g/mol. The molecule has 0 spiro atoms. The van der Waals surface area contributed by atoms with Crippen molar-refractivity contribution < 1.29 is 14.6 Å². The number of carbonyl (C=O) groups excluding carboxylic acids is 1. The summed E-state index contributed by atoms with van der Waals surface area (Å²) in [5.74, 6) is 0.873. The van der Waals surface area contributed by atoms with Crippen molar-refractivity contribution >= 4 is 5.91 Å². The summed E-state index contributed by atoms with van der Waals surface area (Å²) in [6.07, 6.45) is 0. The molecule has 0 unspecified atom stereocenters. The number of nitrogens with zero attached hydrogens (tertiary/aromatic N) is 1. The molecule has 4 nitrogen and oxygen atoms in total. The fraction of sp³-hybridized carbons (Fsp3) is 0.588. The number of hydrogen-bond acceptors (Lipinski definition) is 3. The predicted molar refractivity (Wildman–Crippen MR) is 82.5 cm³/mol. The van der Waals surface area contributed by atoms with Gasteiger partial charge in [0.05, 0.1) is 13.1 Å². The highest BCUT2D eigenvalue weighted by Crippen LogP contribution is 2.29. The first-order valence-electron chi connectivity index (χ1n) is 7.44. The lowest BCUT2D eigenvalue weighted by Gasteiger charge is -2.48. The number of β-amino-alcohol motifs (C(OH)–C–C–N with tert-alkyl or cyclic N) is 1. The highest BCUT2D eigenvalue weighted by Gasteiger charge is 2.45. The Morgan fingerprint density at radius 2 is 1.81 bits per heavy atom. The number of likely N-dealkylation sites (tertiary alicyclic amines) is 1. The maximum atomic E-state index is 12.1. The van der Waals surface area contributed by atoms with Gasteiger partial charge < -0.3 is 14.7 Å². The lowest BCUT2D eigenvalue weighted by atomic mass is 9.83. The molecular formula is C17H25NO3. The van der Waals surface area contributed by atoms with Crippen LogP contribution >= 0.6 is 0 Å². The van der Waals surface area contributed by atoms with E-state index in [0.29, 0.717) is 13.1 Å². The average molecular weight is 291 g/mol. The van der Waals surface area contributed by atoms with Crippen molar-refractivity contribution in [2.75, 3.05) is 19.7 Å². The van der Waals surface area contributed by atoms with E-state index in [1.54, 1.807) is 4.90 Å². The Morgan fingerprint density at radius 3 is 2.29 bits per heavy atom. The summed E-state index contributed by atoms with van der Waals surface area (Å²) < 4.78 is 5.70. The molecule has 1 aliphatic heterocycles. The Kier molecular flexibility index (Phi) is 4.28. The van der Waals surface area contributed by atoms with E-state index in [2.05, 4.69) is 0 Å². The maximum absolute atomic E-state index is 12.1. The van der Waals surface area contributed by atoms with E-state index < -0.39 is 5.60 Å². The topological polar surface area (TPSA) is 49.8 Å². The summed E-state index contributed by atoms with van der Waals surface area (Å²) in [5, 5.41) is 10.2. The first kappa shape index (κ1) is 15.8. The van der Waals surface area contributed by atoms with E-state index in [1.807, 2.05) is 46.8 Å². The van der Waals surface area contributed by atoms with Crippen molar-refractivity contribution in [2.45, 2.75) is 40.2 Å². The van der Waals surface area contributed by atoms with Crippen LogP contribution in [-0.4, -0.2) is 41.2 Å². The minimum absolute atomic E-state index is 0.0267. The van der Waals surface area contributed by atoms with Gasteiger partial charge in [-0.1, -0.05) is 31.5 Å². The van der Waals surface area contributed by atoms with Crippen LogP contribution in [0.25, 0.3) is 0 Å². The molecule has 0 radical (unpaired) electrons. The molecule has 116 valence electrons. The van der Waals surface area contributed by atoms with Crippen LogP contribution in [0.2, 0.25) is 0 Å². The van der Waals surface area contributed by atoms with Gasteiger partial charge in [0.15, 0.2) is 6.61 Å². The standard InChI is InChI=1S/C17H25NO3/c1-11(2)17(20)9-18(10-17)15(19)8-21-16-13(4)6-12(3)7-14(16)5/h6-7,11,20H,8-10H2,1-5H3. The van der Waals surface area contributed by atoms with Crippen molar-refractivity contribution in [3.05, 3.63) is 28.8 Å². The van der Waals surface area contributed by atoms with Crippen LogP contribution in [0.1, 0.15) is 30.5 Å². The van der Waals surface area contributed by atoms with Gasteiger partial charge in [0.25, 0.3) is 5.91 Å². The van der Waals surface area contributed by atoms with Crippen LogP contribution < -0.4 is 4.74 Å². The molecule has 0 aromatic heterocycles. The van der Waals surface area contributed by atoms with Gasteiger partial charge in [0, 0.05) is 0 Å². The molecule has 1 aliphatic rings. The molecule has 2 rings (SSSR count). The Bertz CT molecular complexity index is 522. The highest BCUT2D eigenvalue weighted by atomic mass is 16.5. The third-order valence-corrected chi connectivity index (χ3v) is 4.30. The minimum atomic E-state index is -0.731. The Morgan fingerprint density at radius 1 is 1.29 bits per heavy atom. The van der Waals surface area contributed by atoms with E-state index in [4.69, 9.17) is 4.74 Å². The number of ether oxygens (including phenoxy) is 1. The van der Waals surface area contributed by atoms with Crippen molar-refractivity contribution in [1.29, 1.82) is 0 Å². The van der Waals surface area contributed by atoms with E-state index in [1.165, 1.54) is 5.56 Å². The first-order valence-corrected chi connectivity index (χ1v) is 7.44. The second-order valence-corrected chi connectivity index (χ2v) is 6.52. The van der Waals surface area contributed by atoms with Crippen LogP contribution in [0.5, 0.6) is 5.75 Å². The molecule has 21 heavy (non-hydrogen) atoms. The monoisotopic (exact) mass is 291 g/mol. The first-order chi connectivity index (χ1) is 9.73. The number of benzene rings is 1. The van der Waals surface area contributed by atoms with Gasteiger partial charge in [-0.05, 0) is 37.8 Å². The summed E-state index contributed by atoms with van der Waals surface area (Å²) in [7, 11) is 0. The zero-order valence-electron chi connectivity index (χ0n) is 13.6. The lowest BCUT2D eigenvalue weighted by molar-refractivity contribution is -0.165. The van der Waals surface area contributed by atoms with Crippen molar-refractivity contribution in [3.8, 4) is 5.75 Å². The Hall–Kier alpha value is -1.55. The number of amides is 1. The summed E-state index contributed by atoms with van der Waals surface area (Å²) in [5.41, 5.74) is 2.55. The fourth-order valence-electron chi connectivity index (χ4n) is 2.78. The van der Waals surface area contributed by atoms with Crippen LogP contribution in [0.3, 0.4) is 0 Å². The summed E-state index contributed by atoms with van der Waals surface area (Å²) in [6, 6.07) is 4.10. The quantitative estimate of drug-likeness (QED) is 0.925. The van der Waals surface area contributed by atoms with E-state index in [9.17, 15) is 9.90 Å². The molecule has 1 aromatic carbocycles. The smallest absolute Gasteiger partial charge is 0.260 e. The van der Waals surface area contributed by atoms with Crippen LogP contribution in [-0.2, 0) is 4.79 Å². The van der Waals surface area contributed by atoms with Gasteiger partial charge in [0.1, 0.15) is 11.4 Å². The SMILES string of the molecule is Cc1cc(C)c(OCC(=O)N2CC(O)(C(C)C)C2)c(C)c1. The van der Waals surface area contributed by atoms with Gasteiger partial charge in [-0.2, -0.15) is 0 Å². The molecule has 4 heteroatoms. The highest BCUT2D eigenvalue weighted by molar-refractivity contribution is 5.79. The minimum Gasteiger partial charge on any atom is -0.483 e. The summed E-state index contributed by atoms with van der Waals surface area (Å²) >= 11 is 0. The van der Waals surface area contributed by atoms with E-state index in [-0.39, 0.29) is 18.4 Å². The molecule has 1 saturated heterocycles. The number of carbonyl (C=O) groups is 1. The second kappa shape index (κ2) is 5.68. The van der Waals surface area contributed by atoms with Gasteiger partial charge in [-0.15, -0.1) is 0 Å². The summed E-state index contributed by atoms with van der Waals surface area (Å²) in [4.78, 5) is 13.7. The molecule has 1 aromatic rings. The lowest BCUT2D eigenvalue weighted by Crippen LogP contribution is -2.66. The van der Waals surface area contributed by atoms with Crippen LogP contribution in [0.4, 0.5) is 0 Å². The molecule has 0 atom stereocenters. The number of aliphatic hydroxyl groups is 1. The summed E-state index contributed by atoms with van der Waals surface area (Å²) in [6.45, 7) is 10.8. The molecule has 1 heterocycles. The number of rotatable bonds is 4. The van der Waals surface area contributed by atoms with Gasteiger partial charge >= 0.3 is 0 Å². The van der Waals surface area contributed by atoms with Gasteiger partial charge in [-0.3, -0.25) is 4.79 Å². The zero-order chi connectivity index (χ0) is 15.8. The van der Waals surface area contributed by atoms with E-state index >= 15 is 0 Å². The van der Waals surface area contributed by atoms with E-state index in [0.717, 1.165) is 16.9 Å². The zero-order valence-corrected chi connectivity index (χ0v) is 13.6. The number of aryl methyl sites for hydroxylation is 3. The van der Waals surface area contributed by atoms with Crippen molar-refractivity contribution in [3.63, 3.8) is 0 Å². The Balaban J connectivity index is 1.92. The van der Waals surface area contributed by atoms with Gasteiger partial charge in [0.2, 0.25) is 0 Å². The van der Waals surface area contributed by atoms with Gasteiger partial charge in [-0.25, -0.2) is 0 Å². The molecule has 0 aliphatic carbocycles. The van der Waals surface area contributed by atoms with Crippen LogP contribution in [0, 0.1) is 26.7 Å². The normalized spacial score (nSPS) is 16.8. The number of hydrogen-bond donors (Lipinski definition) is 1. The van der Waals surface area contributed by atoms with Crippen molar-refractivity contribution in [2.24, 2.45) is 5.92 Å². The second-order valence-electron chi connectivity index (χ2n) is 6.52. The Labute approximate surface area is 126 Å². The van der Waals surface area contributed by atoms with Crippen molar-refractivity contribution in [1.82, 2.24) is 4.90 Å². The molecule has 0 saturated carbocycles. The molecule has 1 fully saturated rings. The average Bonchev–Trinajstić information content (AvgIpc) is 2.32. The molecule has 1 N–H and O–H groups in total. The fourth-order valence-corrected chi connectivity index (χ4v) is 2.78. The largest absolute Gasteiger partial charge is 0.483 e. The maximum Gasteiger partial charge on any atom is 0.260 e. The molecule has 0 bridgehead atoms. The molecule has 1 amide bonds. The third kappa shape index (κ3) is 3.21.